The van der Waals surface area contributed by atoms with Crippen LogP contribution >= 0.6 is 0 Å². The summed E-state index contributed by atoms with van der Waals surface area (Å²) in [5.74, 6) is -1.44. The minimum Gasteiger partial charge on any atom is -0.465 e. The summed E-state index contributed by atoms with van der Waals surface area (Å²) < 4.78 is 0. The molecule has 4 rings (SSSR count). The van der Waals surface area contributed by atoms with Crippen molar-refractivity contribution in [2.75, 3.05) is 6.54 Å². The monoisotopic (exact) mass is 728 g/mol. The molecule has 53 heavy (non-hydrogen) atoms. The molecule has 286 valence electrons. The Bertz CT molecular complexity index is 1690. The lowest BCUT2D eigenvalue weighted by atomic mass is 9.75. The molecule has 1 aliphatic heterocycles. The molecule has 0 radical (unpaired) electrons. The van der Waals surface area contributed by atoms with Crippen LogP contribution in [0.25, 0.3) is 0 Å². The predicted octanol–water partition coefficient (Wildman–Crippen LogP) is 4.83. The summed E-state index contributed by atoms with van der Waals surface area (Å²) in [7, 11) is 0. The quantitative estimate of drug-likeness (QED) is 0.130. The Morgan fingerprint density at radius 3 is 1.98 bits per heavy atom. The molecule has 2 heterocycles. The zero-order chi connectivity index (χ0) is 38.9. The van der Waals surface area contributed by atoms with Crippen molar-refractivity contribution in [3.05, 3.63) is 101 Å². The van der Waals surface area contributed by atoms with Crippen LogP contribution in [0.5, 0.6) is 0 Å². The number of aliphatic hydroxyl groups excluding tert-OH is 1. The van der Waals surface area contributed by atoms with E-state index >= 15 is 0 Å². The maximum absolute atomic E-state index is 14.6. The number of hydrogen-bond acceptors (Lipinski definition) is 6. The van der Waals surface area contributed by atoms with Gasteiger partial charge in [-0.2, -0.15) is 0 Å². The van der Waals surface area contributed by atoms with Gasteiger partial charge in [-0.1, -0.05) is 108 Å². The second-order valence-electron chi connectivity index (χ2n) is 16.2. The van der Waals surface area contributed by atoms with Crippen LogP contribution in [-0.4, -0.2) is 80.9 Å². The van der Waals surface area contributed by atoms with Crippen LogP contribution in [0.15, 0.2) is 78.9 Å². The predicted molar refractivity (Wildman–Crippen MR) is 204 cm³/mol. The Kier molecular flexibility index (Phi) is 13.6. The number of pyridine rings is 1. The van der Waals surface area contributed by atoms with Crippen LogP contribution in [0.4, 0.5) is 9.59 Å². The van der Waals surface area contributed by atoms with Crippen LogP contribution in [0, 0.1) is 23.7 Å². The summed E-state index contributed by atoms with van der Waals surface area (Å²) in [5, 5.41) is 32.9. The highest BCUT2D eigenvalue weighted by Gasteiger charge is 2.46. The lowest BCUT2D eigenvalue weighted by Gasteiger charge is -2.39. The third-order valence-corrected chi connectivity index (χ3v) is 9.69. The van der Waals surface area contributed by atoms with E-state index < -0.39 is 59.0 Å². The van der Waals surface area contributed by atoms with Gasteiger partial charge in [-0.25, -0.2) is 9.59 Å². The van der Waals surface area contributed by atoms with Gasteiger partial charge >= 0.3 is 12.1 Å². The number of hydrogen-bond donors (Lipinski definition) is 6. The first-order chi connectivity index (χ1) is 24.9. The molecule has 1 aliphatic rings. The highest BCUT2D eigenvalue weighted by atomic mass is 16.4. The number of rotatable bonds is 15. The molecule has 6 N–H and O–H groups in total. The fraction of sp³-hybridized carbons (Fsp3) is 0.488. The van der Waals surface area contributed by atoms with Crippen molar-refractivity contribution in [1.82, 2.24) is 31.2 Å². The van der Waals surface area contributed by atoms with Crippen molar-refractivity contribution < 1.29 is 29.4 Å². The second kappa shape index (κ2) is 17.7. The summed E-state index contributed by atoms with van der Waals surface area (Å²) in [6.45, 7) is 13.7. The molecule has 1 aromatic heterocycles. The second-order valence-corrected chi connectivity index (χ2v) is 16.2. The van der Waals surface area contributed by atoms with E-state index in [0.29, 0.717) is 6.42 Å². The lowest BCUT2D eigenvalue weighted by molar-refractivity contribution is -0.132. The topological polar surface area (TPSA) is 173 Å². The van der Waals surface area contributed by atoms with Crippen molar-refractivity contribution in [2.24, 2.45) is 16.7 Å². The Labute approximate surface area is 313 Å². The summed E-state index contributed by atoms with van der Waals surface area (Å²) in [4.78, 5) is 59.3. The number of benzene rings is 2. The zero-order valence-corrected chi connectivity index (χ0v) is 31.9. The fourth-order valence-electron chi connectivity index (χ4n) is 7.10. The summed E-state index contributed by atoms with van der Waals surface area (Å²) in [6, 6.07) is 21.5. The third kappa shape index (κ3) is 11.8. The standard InChI is InChI=1S/C41H56N6O6/c1-26-15-14-20-29(43-26)25-47-32(24-42-38(47)51)34(40(2,3)4)36(49)44-30(21-27-16-10-8-11-17-27)23-33(48)31(22-28-18-12-9-13-19-28)45-37(50)35(41(5,6)7)46-39(52)53/h8-20,30-35,46,48H,21-25H2,1-7H3,(H,42,51)(H,44,49)(H,45,50)(H,52,53). The number of carbonyl (C=O) groups is 4. The van der Waals surface area contributed by atoms with Crippen LogP contribution in [0.3, 0.4) is 0 Å². The van der Waals surface area contributed by atoms with E-state index in [0.717, 1.165) is 22.5 Å². The van der Waals surface area contributed by atoms with Crippen LogP contribution < -0.4 is 21.3 Å². The first kappa shape index (κ1) is 40.8. The number of aliphatic hydroxyl groups is 1. The van der Waals surface area contributed by atoms with E-state index in [-0.39, 0.29) is 37.9 Å². The van der Waals surface area contributed by atoms with Gasteiger partial charge in [0.05, 0.1) is 36.3 Å². The molecule has 0 saturated carbocycles. The van der Waals surface area contributed by atoms with Crippen LogP contribution in [-0.2, 0) is 29.0 Å². The third-order valence-electron chi connectivity index (χ3n) is 9.69. The molecular formula is C41H56N6O6. The Hall–Kier alpha value is -4.97. The number of aryl methyl sites for hydroxylation is 1. The van der Waals surface area contributed by atoms with E-state index in [2.05, 4.69) is 26.3 Å². The van der Waals surface area contributed by atoms with Gasteiger partial charge in [0.2, 0.25) is 11.8 Å². The minimum absolute atomic E-state index is 0.0839. The summed E-state index contributed by atoms with van der Waals surface area (Å²) in [6.07, 6.45) is -1.71. The molecule has 5 amide bonds. The maximum atomic E-state index is 14.6. The SMILES string of the molecule is Cc1cccc(CN2C(=O)NCC2C(C(=O)NC(Cc2ccccc2)CC(O)C(Cc2ccccc2)NC(=O)C(NC(=O)O)C(C)(C)C)C(C)(C)C)n1. The normalized spacial score (nSPS) is 17.5. The van der Waals surface area contributed by atoms with Gasteiger partial charge in [0.1, 0.15) is 6.04 Å². The first-order valence-corrected chi connectivity index (χ1v) is 18.3. The number of aromatic nitrogens is 1. The van der Waals surface area contributed by atoms with Gasteiger partial charge in [0, 0.05) is 18.3 Å². The number of urea groups is 1. The Balaban J connectivity index is 1.63. The van der Waals surface area contributed by atoms with E-state index in [1.807, 2.05) is 107 Å². The van der Waals surface area contributed by atoms with Crippen molar-refractivity contribution in [1.29, 1.82) is 0 Å². The first-order valence-electron chi connectivity index (χ1n) is 18.3. The molecule has 6 atom stereocenters. The Morgan fingerprint density at radius 2 is 1.43 bits per heavy atom. The van der Waals surface area contributed by atoms with Crippen LogP contribution in [0.1, 0.15) is 70.5 Å². The van der Waals surface area contributed by atoms with Gasteiger partial charge in [-0.05, 0) is 60.3 Å². The minimum atomic E-state index is -1.33. The molecular weight excluding hydrogens is 672 g/mol. The van der Waals surface area contributed by atoms with Crippen molar-refractivity contribution in [3.8, 4) is 0 Å². The van der Waals surface area contributed by atoms with Crippen molar-refractivity contribution in [2.45, 2.75) is 105 Å². The van der Waals surface area contributed by atoms with E-state index in [4.69, 9.17) is 0 Å². The average Bonchev–Trinajstić information content (AvgIpc) is 3.41. The van der Waals surface area contributed by atoms with Gasteiger partial charge < -0.3 is 36.4 Å². The molecule has 0 spiro atoms. The van der Waals surface area contributed by atoms with Crippen LogP contribution in [0.2, 0.25) is 0 Å². The molecule has 0 bridgehead atoms. The molecule has 3 aromatic rings. The van der Waals surface area contributed by atoms with Gasteiger partial charge in [0.25, 0.3) is 0 Å². The van der Waals surface area contributed by atoms with Crippen molar-refractivity contribution in [3.63, 3.8) is 0 Å². The smallest absolute Gasteiger partial charge is 0.405 e. The number of amides is 5. The van der Waals surface area contributed by atoms with E-state index in [1.165, 1.54) is 0 Å². The van der Waals surface area contributed by atoms with Gasteiger partial charge in [-0.15, -0.1) is 0 Å². The highest BCUT2D eigenvalue weighted by Crippen LogP contribution is 2.34. The van der Waals surface area contributed by atoms with Gasteiger partial charge in [-0.3, -0.25) is 14.6 Å². The lowest BCUT2D eigenvalue weighted by Crippen LogP contribution is -2.58. The Morgan fingerprint density at radius 1 is 0.830 bits per heavy atom. The number of carbonyl (C=O) groups excluding carboxylic acids is 3. The molecule has 6 unspecified atom stereocenters. The average molecular weight is 729 g/mol. The summed E-state index contributed by atoms with van der Waals surface area (Å²) >= 11 is 0. The number of carboxylic acid groups (broad SMARTS) is 1. The zero-order valence-electron chi connectivity index (χ0n) is 31.9. The highest BCUT2D eigenvalue weighted by molar-refractivity contribution is 5.86. The van der Waals surface area contributed by atoms with E-state index in [1.54, 1.807) is 25.7 Å². The molecule has 2 aromatic carbocycles. The summed E-state index contributed by atoms with van der Waals surface area (Å²) in [5.41, 5.74) is 2.07. The molecule has 12 heteroatoms. The molecule has 12 nitrogen and oxygen atoms in total. The molecule has 0 aliphatic carbocycles. The molecule has 1 fully saturated rings. The van der Waals surface area contributed by atoms with E-state index in [9.17, 15) is 29.4 Å². The molecule has 1 saturated heterocycles. The largest absolute Gasteiger partial charge is 0.465 e. The number of nitrogens with zero attached hydrogens (tertiary/aromatic N) is 2. The van der Waals surface area contributed by atoms with Gasteiger partial charge in [0.15, 0.2) is 0 Å². The maximum Gasteiger partial charge on any atom is 0.405 e. The number of nitrogens with one attached hydrogen (secondary N) is 4. The fourth-order valence-corrected chi connectivity index (χ4v) is 7.10. The van der Waals surface area contributed by atoms with Crippen molar-refractivity contribution >= 4 is 23.9 Å².